The zero-order valence-electron chi connectivity index (χ0n) is 9.57. The van der Waals surface area contributed by atoms with E-state index in [9.17, 15) is 4.79 Å². The van der Waals surface area contributed by atoms with Crippen LogP contribution in [0, 0.1) is 16.7 Å². The molecule has 0 radical (unpaired) electrons. The molecule has 0 aromatic heterocycles. The molecular formula is C14H14N2O. The van der Waals surface area contributed by atoms with Crippen LogP contribution in [0.25, 0.3) is 0 Å². The maximum Gasteiger partial charge on any atom is 0.226 e. The van der Waals surface area contributed by atoms with E-state index >= 15 is 0 Å². The molecule has 1 saturated carbocycles. The summed E-state index contributed by atoms with van der Waals surface area (Å²) in [6, 6.07) is 9.83. The van der Waals surface area contributed by atoms with Crippen LogP contribution >= 0.6 is 0 Å². The lowest BCUT2D eigenvalue weighted by atomic mass is 9.60. The largest absolute Gasteiger partial charge is 0.355 e. The van der Waals surface area contributed by atoms with Crippen LogP contribution in [-0.2, 0) is 4.79 Å². The van der Waals surface area contributed by atoms with E-state index in [-0.39, 0.29) is 17.2 Å². The second-order valence-corrected chi connectivity index (χ2v) is 5.01. The fraction of sp³-hybridized carbons (Fsp3) is 0.429. The van der Waals surface area contributed by atoms with E-state index in [1.54, 1.807) is 6.07 Å². The lowest BCUT2D eigenvalue weighted by molar-refractivity contribution is -0.132. The zero-order valence-corrected chi connectivity index (χ0v) is 9.57. The molecule has 1 heterocycles. The van der Waals surface area contributed by atoms with Crippen molar-refractivity contribution in [3.63, 3.8) is 0 Å². The van der Waals surface area contributed by atoms with Gasteiger partial charge in [0.1, 0.15) is 0 Å². The molecule has 17 heavy (non-hydrogen) atoms. The van der Waals surface area contributed by atoms with E-state index in [2.05, 4.69) is 11.4 Å². The van der Waals surface area contributed by atoms with Gasteiger partial charge in [0.05, 0.1) is 17.0 Å². The average molecular weight is 226 g/mol. The molecule has 3 heteroatoms. The Kier molecular flexibility index (Phi) is 2.19. The quantitative estimate of drug-likeness (QED) is 0.795. The number of nitrogens with zero attached hydrogens (tertiary/aromatic N) is 1. The summed E-state index contributed by atoms with van der Waals surface area (Å²) in [5, 5.41) is 11.9. The van der Waals surface area contributed by atoms with Crippen molar-refractivity contribution in [3.8, 4) is 6.07 Å². The number of nitrogens with one attached hydrogen (secondary N) is 1. The van der Waals surface area contributed by atoms with E-state index in [1.807, 2.05) is 18.2 Å². The first-order valence-electron chi connectivity index (χ1n) is 6.05. The van der Waals surface area contributed by atoms with Crippen LogP contribution in [0.3, 0.4) is 0 Å². The van der Waals surface area contributed by atoms with Gasteiger partial charge in [-0.25, -0.2) is 0 Å². The predicted molar refractivity (Wildman–Crippen MR) is 63.2 cm³/mol. The summed E-state index contributed by atoms with van der Waals surface area (Å²) in [6.07, 6.45) is 3.11. The minimum atomic E-state index is -0.173. The number of hydrogen-bond donors (Lipinski definition) is 1. The van der Waals surface area contributed by atoms with Gasteiger partial charge < -0.3 is 5.32 Å². The highest BCUT2D eigenvalue weighted by Crippen LogP contribution is 2.54. The third-order valence-electron chi connectivity index (χ3n) is 4.25. The number of carbonyl (C=O) groups is 1. The van der Waals surface area contributed by atoms with E-state index < -0.39 is 0 Å². The van der Waals surface area contributed by atoms with Gasteiger partial charge in [0.2, 0.25) is 5.91 Å². The molecule has 1 aliphatic heterocycles. The predicted octanol–water partition coefficient (Wildman–Crippen LogP) is 1.94. The van der Waals surface area contributed by atoms with Crippen molar-refractivity contribution < 1.29 is 4.79 Å². The maximum absolute atomic E-state index is 11.9. The summed E-state index contributed by atoms with van der Waals surface area (Å²) in [5.41, 5.74) is 1.63. The minimum Gasteiger partial charge on any atom is -0.355 e. The van der Waals surface area contributed by atoms with E-state index in [1.165, 1.54) is 0 Å². The molecule has 2 aliphatic rings. The van der Waals surface area contributed by atoms with Gasteiger partial charge in [-0.2, -0.15) is 5.26 Å². The molecule has 1 aromatic carbocycles. The van der Waals surface area contributed by atoms with Gasteiger partial charge in [-0.3, -0.25) is 4.79 Å². The Morgan fingerprint density at radius 1 is 1.41 bits per heavy atom. The van der Waals surface area contributed by atoms with E-state index in [4.69, 9.17) is 5.26 Å². The van der Waals surface area contributed by atoms with Crippen LogP contribution in [0.2, 0.25) is 0 Å². The van der Waals surface area contributed by atoms with Crippen molar-refractivity contribution in [3.05, 3.63) is 35.4 Å². The van der Waals surface area contributed by atoms with Crippen molar-refractivity contribution in [2.75, 3.05) is 6.54 Å². The molecule has 1 N–H and O–H groups in total. The van der Waals surface area contributed by atoms with Crippen molar-refractivity contribution in [1.82, 2.24) is 5.32 Å². The molecule has 1 aromatic rings. The Morgan fingerprint density at radius 2 is 2.24 bits per heavy atom. The smallest absolute Gasteiger partial charge is 0.226 e. The van der Waals surface area contributed by atoms with Crippen LogP contribution in [0.15, 0.2) is 24.3 Å². The molecular weight excluding hydrogens is 212 g/mol. The fourth-order valence-electron chi connectivity index (χ4n) is 3.12. The lowest BCUT2D eigenvalue weighted by Gasteiger charge is -2.40. The summed E-state index contributed by atoms with van der Waals surface area (Å²) >= 11 is 0. The van der Waals surface area contributed by atoms with Gasteiger partial charge in [0.25, 0.3) is 0 Å². The van der Waals surface area contributed by atoms with Crippen molar-refractivity contribution in [2.24, 2.45) is 5.41 Å². The highest BCUT2D eigenvalue weighted by Gasteiger charge is 2.54. The van der Waals surface area contributed by atoms with Gasteiger partial charge >= 0.3 is 0 Å². The molecule has 1 amide bonds. The Hall–Kier alpha value is -1.82. The maximum atomic E-state index is 11.9. The van der Waals surface area contributed by atoms with Crippen LogP contribution in [0.4, 0.5) is 0 Å². The molecule has 1 atom stereocenters. The Bertz CT molecular complexity index is 511. The van der Waals surface area contributed by atoms with Gasteiger partial charge in [-0.05, 0) is 30.5 Å². The van der Waals surface area contributed by atoms with Crippen molar-refractivity contribution >= 4 is 5.91 Å². The fourth-order valence-corrected chi connectivity index (χ4v) is 3.12. The summed E-state index contributed by atoms with van der Waals surface area (Å²) in [6.45, 7) is 0.716. The first-order valence-corrected chi connectivity index (χ1v) is 6.05. The molecule has 1 spiro atoms. The average Bonchev–Trinajstić information content (AvgIpc) is 2.66. The third kappa shape index (κ3) is 1.37. The second-order valence-electron chi connectivity index (χ2n) is 5.01. The van der Waals surface area contributed by atoms with Crippen LogP contribution in [0.1, 0.15) is 36.3 Å². The normalized spacial score (nSPS) is 25.1. The summed E-state index contributed by atoms with van der Waals surface area (Å²) in [5.74, 6) is 0.452. The zero-order chi connectivity index (χ0) is 11.9. The topological polar surface area (TPSA) is 52.9 Å². The van der Waals surface area contributed by atoms with Crippen LogP contribution in [-0.4, -0.2) is 12.5 Å². The highest BCUT2D eigenvalue weighted by molar-refractivity contribution is 5.87. The molecule has 1 saturated heterocycles. The standard InChI is InChI=1S/C14H14N2O/c15-8-10-3-1-4-11(7-10)12-9-16-13(17)14(12)5-2-6-14/h1,3-4,7,12H,2,5-6,9H2,(H,16,17). The number of amides is 1. The molecule has 86 valence electrons. The number of rotatable bonds is 1. The second kappa shape index (κ2) is 3.59. The summed E-state index contributed by atoms with van der Waals surface area (Å²) in [4.78, 5) is 11.9. The number of benzene rings is 1. The summed E-state index contributed by atoms with van der Waals surface area (Å²) in [7, 11) is 0. The highest BCUT2D eigenvalue weighted by atomic mass is 16.2. The Morgan fingerprint density at radius 3 is 2.88 bits per heavy atom. The van der Waals surface area contributed by atoms with Crippen LogP contribution < -0.4 is 5.32 Å². The molecule has 3 nitrogen and oxygen atoms in total. The Balaban J connectivity index is 1.99. The van der Waals surface area contributed by atoms with Crippen LogP contribution in [0.5, 0.6) is 0 Å². The lowest BCUT2D eigenvalue weighted by Crippen LogP contribution is -2.40. The Labute approximate surface area is 100 Å². The van der Waals surface area contributed by atoms with Gasteiger partial charge in [0, 0.05) is 12.5 Å². The SMILES string of the molecule is N#Cc1cccc(C2CNC(=O)C23CCC3)c1. The number of nitriles is 1. The van der Waals surface area contributed by atoms with Crippen molar-refractivity contribution in [1.29, 1.82) is 5.26 Å². The van der Waals surface area contributed by atoms with Crippen molar-refractivity contribution in [2.45, 2.75) is 25.2 Å². The third-order valence-corrected chi connectivity index (χ3v) is 4.25. The first-order chi connectivity index (χ1) is 8.26. The number of carbonyl (C=O) groups excluding carboxylic acids is 1. The molecule has 2 fully saturated rings. The van der Waals surface area contributed by atoms with Gasteiger partial charge in [-0.15, -0.1) is 0 Å². The molecule has 0 bridgehead atoms. The van der Waals surface area contributed by atoms with Gasteiger partial charge in [0.15, 0.2) is 0 Å². The molecule has 1 unspecified atom stereocenters. The van der Waals surface area contributed by atoms with E-state index in [0.29, 0.717) is 12.1 Å². The first kappa shape index (κ1) is 10.3. The minimum absolute atomic E-state index is 0.173. The summed E-state index contributed by atoms with van der Waals surface area (Å²) < 4.78 is 0. The van der Waals surface area contributed by atoms with Gasteiger partial charge in [-0.1, -0.05) is 18.6 Å². The molecule has 1 aliphatic carbocycles. The molecule has 3 rings (SSSR count). The van der Waals surface area contributed by atoms with E-state index in [0.717, 1.165) is 24.8 Å². The monoisotopic (exact) mass is 226 g/mol. The number of hydrogen-bond acceptors (Lipinski definition) is 2.